The number of carbonyl (C=O) groups is 1. The minimum atomic E-state index is -0.633. The van der Waals surface area contributed by atoms with Gasteiger partial charge in [-0.05, 0) is 31.2 Å². The Labute approximate surface area is 193 Å². The number of carbonyl (C=O) groups excluding carboxylic acids is 1. The topological polar surface area (TPSA) is 94.6 Å². The highest BCUT2D eigenvalue weighted by atomic mass is 32.1. The van der Waals surface area contributed by atoms with Crippen LogP contribution >= 0.6 is 11.3 Å². The highest BCUT2D eigenvalue weighted by molar-refractivity contribution is 7.09. The van der Waals surface area contributed by atoms with Gasteiger partial charge >= 0.3 is 6.03 Å². The minimum Gasteiger partial charge on any atom is -0.493 e. The number of amides is 2. The molecular weight excluding hydrogens is 447 g/mol. The Balaban J connectivity index is 1.51. The van der Waals surface area contributed by atoms with Crippen LogP contribution in [0.5, 0.6) is 23.0 Å². The summed E-state index contributed by atoms with van der Waals surface area (Å²) in [5, 5.41) is 8.61. The van der Waals surface area contributed by atoms with Crippen molar-refractivity contribution in [1.29, 1.82) is 0 Å². The van der Waals surface area contributed by atoms with Gasteiger partial charge in [0.2, 0.25) is 0 Å². The predicted octanol–water partition coefficient (Wildman–Crippen LogP) is 5.52. The van der Waals surface area contributed by atoms with Gasteiger partial charge < -0.3 is 24.8 Å². The first-order chi connectivity index (χ1) is 16.0. The highest BCUT2D eigenvalue weighted by Crippen LogP contribution is 2.37. The third kappa shape index (κ3) is 4.96. The number of halogens is 1. The van der Waals surface area contributed by atoms with Crippen molar-refractivity contribution in [2.24, 2.45) is 0 Å². The first kappa shape index (κ1) is 22.3. The van der Waals surface area contributed by atoms with Crippen LogP contribution in [-0.4, -0.2) is 30.2 Å². The number of nitrogens with one attached hydrogen (secondary N) is 2. The summed E-state index contributed by atoms with van der Waals surface area (Å²) in [4.78, 5) is 20.7. The van der Waals surface area contributed by atoms with Crippen molar-refractivity contribution in [3.8, 4) is 23.0 Å². The lowest BCUT2D eigenvalue weighted by Crippen LogP contribution is -2.31. The van der Waals surface area contributed by atoms with Gasteiger partial charge in [0, 0.05) is 41.0 Å². The lowest BCUT2D eigenvalue weighted by molar-refractivity contribution is 0.249. The fraction of sp³-hybridized carbons (Fsp3) is 0.174. The van der Waals surface area contributed by atoms with Crippen LogP contribution in [0, 0.1) is 5.82 Å². The number of benzene rings is 2. The van der Waals surface area contributed by atoms with E-state index >= 15 is 0 Å². The SMILES string of the molecule is COc1cc2nccc(Oc3ccc(NC(=O)NC(C)c4nccs4)cc3F)c2cc1OC. The van der Waals surface area contributed by atoms with Crippen LogP contribution < -0.4 is 24.8 Å². The van der Waals surface area contributed by atoms with Crippen LogP contribution in [0.1, 0.15) is 18.0 Å². The number of rotatable bonds is 7. The molecule has 0 fully saturated rings. The van der Waals surface area contributed by atoms with Crippen LogP contribution in [0.3, 0.4) is 0 Å². The van der Waals surface area contributed by atoms with Crippen LogP contribution in [0.4, 0.5) is 14.9 Å². The van der Waals surface area contributed by atoms with E-state index in [2.05, 4.69) is 20.6 Å². The van der Waals surface area contributed by atoms with Gasteiger partial charge in [-0.2, -0.15) is 0 Å². The third-order valence-corrected chi connectivity index (χ3v) is 5.74. The molecule has 1 unspecified atom stereocenters. The summed E-state index contributed by atoms with van der Waals surface area (Å²) in [7, 11) is 3.06. The van der Waals surface area contributed by atoms with E-state index in [1.54, 1.807) is 36.7 Å². The normalized spacial score (nSPS) is 11.6. The Morgan fingerprint density at radius 2 is 1.79 bits per heavy atom. The molecule has 0 saturated carbocycles. The van der Waals surface area contributed by atoms with Gasteiger partial charge in [0.05, 0.1) is 25.8 Å². The van der Waals surface area contributed by atoms with Gasteiger partial charge in [-0.1, -0.05) is 0 Å². The van der Waals surface area contributed by atoms with Crippen molar-refractivity contribution in [3.63, 3.8) is 0 Å². The molecule has 0 radical (unpaired) electrons. The summed E-state index contributed by atoms with van der Waals surface area (Å²) in [5.74, 6) is 0.792. The summed E-state index contributed by atoms with van der Waals surface area (Å²) >= 11 is 1.44. The third-order valence-electron chi connectivity index (χ3n) is 4.79. The first-order valence-electron chi connectivity index (χ1n) is 9.93. The highest BCUT2D eigenvalue weighted by Gasteiger charge is 2.15. The number of anilines is 1. The van der Waals surface area contributed by atoms with Crippen molar-refractivity contribution in [2.75, 3.05) is 19.5 Å². The van der Waals surface area contributed by atoms with Gasteiger partial charge in [0.15, 0.2) is 23.1 Å². The number of fused-ring (bicyclic) bond motifs is 1. The van der Waals surface area contributed by atoms with Gasteiger partial charge in [-0.15, -0.1) is 11.3 Å². The summed E-state index contributed by atoms with van der Waals surface area (Å²) in [6, 6.07) is 8.53. The Morgan fingerprint density at radius 1 is 1.00 bits per heavy atom. The smallest absolute Gasteiger partial charge is 0.319 e. The van der Waals surface area contributed by atoms with Crippen LogP contribution in [0.2, 0.25) is 0 Å². The number of urea groups is 1. The zero-order valence-corrected chi connectivity index (χ0v) is 18.9. The van der Waals surface area contributed by atoms with Gasteiger partial charge in [0.1, 0.15) is 10.8 Å². The first-order valence-corrected chi connectivity index (χ1v) is 10.8. The Morgan fingerprint density at radius 3 is 2.48 bits per heavy atom. The van der Waals surface area contributed by atoms with E-state index in [-0.39, 0.29) is 17.5 Å². The molecule has 1 atom stereocenters. The van der Waals surface area contributed by atoms with E-state index in [1.165, 1.54) is 37.7 Å². The number of thiazole rings is 1. The Kier molecular flexibility index (Phi) is 6.55. The van der Waals surface area contributed by atoms with Gasteiger partial charge in [0.25, 0.3) is 0 Å². The number of ether oxygens (including phenoxy) is 3. The number of aromatic nitrogens is 2. The summed E-state index contributed by atoms with van der Waals surface area (Å²) in [6.07, 6.45) is 3.23. The molecule has 0 aliphatic rings. The molecule has 33 heavy (non-hydrogen) atoms. The van der Waals surface area contributed by atoms with Crippen molar-refractivity contribution < 1.29 is 23.4 Å². The zero-order chi connectivity index (χ0) is 23.4. The summed E-state index contributed by atoms with van der Waals surface area (Å²) < 4.78 is 31.2. The second kappa shape index (κ2) is 9.70. The number of hydrogen-bond donors (Lipinski definition) is 2. The monoisotopic (exact) mass is 468 g/mol. The molecule has 170 valence electrons. The molecule has 0 bridgehead atoms. The minimum absolute atomic E-state index is 0.000559. The molecule has 10 heteroatoms. The maximum atomic E-state index is 14.8. The molecule has 0 spiro atoms. The largest absolute Gasteiger partial charge is 0.493 e. The molecule has 2 aromatic heterocycles. The molecule has 2 heterocycles. The number of methoxy groups -OCH3 is 2. The molecule has 0 saturated heterocycles. The van der Waals surface area contributed by atoms with E-state index in [9.17, 15) is 9.18 Å². The number of pyridine rings is 1. The maximum Gasteiger partial charge on any atom is 0.319 e. The fourth-order valence-electron chi connectivity index (χ4n) is 3.19. The van der Waals surface area contributed by atoms with E-state index in [4.69, 9.17) is 14.2 Å². The average Bonchev–Trinajstić information content (AvgIpc) is 3.35. The van der Waals surface area contributed by atoms with Crippen molar-refractivity contribution >= 4 is 34.0 Å². The van der Waals surface area contributed by atoms with E-state index < -0.39 is 11.8 Å². The molecule has 2 amide bonds. The van der Waals surface area contributed by atoms with Crippen molar-refractivity contribution in [2.45, 2.75) is 13.0 Å². The van der Waals surface area contributed by atoms with Crippen LogP contribution in [-0.2, 0) is 0 Å². The summed E-state index contributed by atoms with van der Waals surface area (Å²) in [5.41, 5.74) is 0.893. The average molecular weight is 469 g/mol. The molecule has 4 aromatic rings. The molecule has 2 aromatic carbocycles. The van der Waals surface area contributed by atoms with E-state index in [1.807, 2.05) is 12.3 Å². The van der Waals surface area contributed by atoms with Gasteiger partial charge in [-0.3, -0.25) is 4.98 Å². The Hall–Kier alpha value is -3.92. The van der Waals surface area contributed by atoms with Crippen LogP contribution in [0.25, 0.3) is 10.9 Å². The number of nitrogens with zero attached hydrogens (tertiary/aromatic N) is 2. The number of hydrogen-bond acceptors (Lipinski definition) is 7. The van der Waals surface area contributed by atoms with E-state index in [0.29, 0.717) is 28.2 Å². The zero-order valence-electron chi connectivity index (χ0n) is 18.1. The molecule has 8 nitrogen and oxygen atoms in total. The second-order valence-electron chi connectivity index (χ2n) is 6.97. The fourth-order valence-corrected chi connectivity index (χ4v) is 3.84. The maximum absolute atomic E-state index is 14.8. The molecule has 0 aliphatic carbocycles. The second-order valence-corrected chi connectivity index (χ2v) is 7.90. The Bertz CT molecular complexity index is 1280. The molecular formula is C23H21FN4O4S. The van der Waals surface area contributed by atoms with Gasteiger partial charge in [-0.25, -0.2) is 14.2 Å². The van der Waals surface area contributed by atoms with E-state index in [0.717, 1.165) is 5.01 Å². The summed E-state index contributed by atoms with van der Waals surface area (Å²) in [6.45, 7) is 1.82. The van der Waals surface area contributed by atoms with Crippen molar-refractivity contribution in [1.82, 2.24) is 15.3 Å². The lowest BCUT2D eigenvalue weighted by Gasteiger charge is -2.14. The van der Waals surface area contributed by atoms with Crippen molar-refractivity contribution in [3.05, 3.63) is 65.0 Å². The quantitative estimate of drug-likeness (QED) is 0.371. The van der Waals surface area contributed by atoms with Crippen LogP contribution in [0.15, 0.2) is 54.2 Å². The lowest BCUT2D eigenvalue weighted by atomic mass is 10.2. The molecule has 0 aliphatic heterocycles. The molecule has 4 rings (SSSR count). The molecule has 2 N–H and O–H groups in total. The standard InChI is InChI=1S/C23H21FN4O4S/c1-13(22-26-8-9-33-22)27-23(29)28-14-4-5-19(16(24)10-14)32-18-6-7-25-17-12-21(31-3)20(30-2)11-15(17)18/h4-13H,1-3H3,(H2,27,28,29). The predicted molar refractivity (Wildman–Crippen MR) is 124 cm³/mol.